The van der Waals surface area contributed by atoms with Crippen LogP contribution in [0.15, 0.2) is 60.7 Å². The summed E-state index contributed by atoms with van der Waals surface area (Å²) in [7, 11) is 0. The third-order valence-corrected chi connectivity index (χ3v) is 6.25. The van der Waals surface area contributed by atoms with Crippen molar-refractivity contribution in [3.8, 4) is 16.9 Å². The molecule has 9 heteroatoms. The number of fused-ring (bicyclic) bond motifs is 1. The fraction of sp³-hybridized carbons (Fsp3) is 0.259. The lowest BCUT2D eigenvalue weighted by atomic mass is 10.0. The van der Waals surface area contributed by atoms with Gasteiger partial charge >= 0.3 is 6.03 Å². The number of nitrogens with one attached hydrogen (secondary N) is 3. The minimum Gasteiger partial charge on any atom is -0.491 e. The van der Waals surface area contributed by atoms with E-state index < -0.39 is 0 Å². The van der Waals surface area contributed by atoms with Crippen molar-refractivity contribution >= 4 is 45.7 Å². The van der Waals surface area contributed by atoms with Gasteiger partial charge in [-0.25, -0.2) is 4.79 Å². The zero-order valence-electron chi connectivity index (χ0n) is 20.5. The first-order valence-corrected chi connectivity index (χ1v) is 12.4. The van der Waals surface area contributed by atoms with E-state index >= 15 is 0 Å². The van der Waals surface area contributed by atoms with E-state index in [4.69, 9.17) is 22.1 Å². The summed E-state index contributed by atoms with van der Waals surface area (Å²) in [6.07, 6.45) is 0.938. The fourth-order valence-electron chi connectivity index (χ4n) is 4.10. The number of amides is 2. The Labute approximate surface area is 215 Å². The van der Waals surface area contributed by atoms with Crippen molar-refractivity contribution in [3.05, 3.63) is 65.7 Å². The summed E-state index contributed by atoms with van der Waals surface area (Å²) in [5.74, 6) is 1.14. The van der Waals surface area contributed by atoms with E-state index in [-0.39, 0.29) is 6.03 Å². The van der Waals surface area contributed by atoms with E-state index in [0.717, 1.165) is 53.8 Å². The second-order valence-corrected chi connectivity index (χ2v) is 8.80. The molecule has 188 valence electrons. The molecule has 4 aromatic rings. The molecular formula is C27H31ClN6O2. The molecule has 0 bridgehead atoms. The smallest absolute Gasteiger partial charge is 0.323 e. The quantitative estimate of drug-likeness (QED) is 0.191. The lowest BCUT2D eigenvalue weighted by Crippen LogP contribution is -2.25. The molecule has 0 atom stereocenters. The highest BCUT2D eigenvalue weighted by molar-refractivity contribution is 6.30. The van der Waals surface area contributed by atoms with Crippen LogP contribution in [0.5, 0.6) is 5.75 Å². The van der Waals surface area contributed by atoms with Gasteiger partial charge in [-0.15, -0.1) is 0 Å². The van der Waals surface area contributed by atoms with E-state index in [1.54, 1.807) is 24.3 Å². The topological polar surface area (TPSA) is 108 Å². The molecule has 0 aliphatic heterocycles. The first-order chi connectivity index (χ1) is 17.5. The van der Waals surface area contributed by atoms with E-state index in [1.807, 2.05) is 36.4 Å². The van der Waals surface area contributed by atoms with Gasteiger partial charge in [0.05, 0.1) is 12.0 Å². The number of aromatic nitrogens is 2. The molecule has 0 aliphatic carbocycles. The van der Waals surface area contributed by atoms with Gasteiger partial charge in [-0.2, -0.15) is 5.10 Å². The number of hydrogen-bond acceptors (Lipinski definition) is 5. The molecule has 4 rings (SSSR count). The van der Waals surface area contributed by atoms with Gasteiger partial charge < -0.3 is 26.0 Å². The van der Waals surface area contributed by atoms with E-state index in [0.29, 0.717) is 28.8 Å². The van der Waals surface area contributed by atoms with Crippen LogP contribution in [0.1, 0.15) is 20.3 Å². The summed E-state index contributed by atoms with van der Waals surface area (Å²) >= 11 is 5.98. The Kier molecular flexibility index (Phi) is 8.30. The van der Waals surface area contributed by atoms with Crippen LogP contribution in [0.2, 0.25) is 5.02 Å². The first-order valence-electron chi connectivity index (χ1n) is 12.0. The number of ether oxygens (including phenoxy) is 1. The van der Waals surface area contributed by atoms with Gasteiger partial charge in [0.1, 0.15) is 11.3 Å². The van der Waals surface area contributed by atoms with Crippen LogP contribution in [0.3, 0.4) is 0 Å². The lowest BCUT2D eigenvalue weighted by Gasteiger charge is -2.18. The molecule has 0 unspecified atom stereocenters. The second-order valence-electron chi connectivity index (χ2n) is 8.37. The number of urea groups is 1. The minimum absolute atomic E-state index is 0.353. The largest absolute Gasteiger partial charge is 0.491 e. The highest BCUT2D eigenvalue weighted by Gasteiger charge is 2.15. The summed E-state index contributed by atoms with van der Waals surface area (Å²) in [5, 5.41) is 14.2. The van der Waals surface area contributed by atoms with Gasteiger partial charge in [-0.05, 0) is 73.1 Å². The maximum Gasteiger partial charge on any atom is 0.323 e. The SMILES string of the molecule is CCN(CC)CCCOc1ccc(-c2ccc(NC(=O)Nc3cccc(Cl)c3)cc2)c2c(N)n[nH]c12. The Hall–Kier alpha value is -3.75. The van der Waals surface area contributed by atoms with Gasteiger partial charge in [0, 0.05) is 22.9 Å². The zero-order valence-corrected chi connectivity index (χ0v) is 21.2. The number of halogens is 1. The number of nitrogen functional groups attached to an aromatic ring is 1. The molecule has 1 heterocycles. The summed E-state index contributed by atoms with van der Waals surface area (Å²) in [5.41, 5.74) is 10.1. The summed E-state index contributed by atoms with van der Waals surface area (Å²) in [6, 6.07) is 18.1. The van der Waals surface area contributed by atoms with E-state index in [9.17, 15) is 4.79 Å². The Morgan fingerprint density at radius 1 is 1.06 bits per heavy atom. The monoisotopic (exact) mass is 506 g/mol. The zero-order chi connectivity index (χ0) is 25.5. The molecule has 0 saturated carbocycles. The van der Waals surface area contributed by atoms with Crippen LogP contribution in [-0.4, -0.2) is 47.4 Å². The molecule has 0 fully saturated rings. The molecule has 5 N–H and O–H groups in total. The van der Waals surface area contributed by atoms with Gasteiger partial charge in [0.15, 0.2) is 5.82 Å². The Morgan fingerprint density at radius 3 is 2.53 bits per heavy atom. The third-order valence-electron chi connectivity index (χ3n) is 6.02. The highest BCUT2D eigenvalue weighted by Crippen LogP contribution is 2.36. The van der Waals surface area contributed by atoms with E-state index in [2.05, 4.69) is 39.6 Å². The second kappa shape index (κ2) is 11.8. The average Bonchev–Trinajstić information content (AvgIpc) is 3.26. The summed E-state index contributed by atoms with van der Waals surface area (Å²) in [4.78, 5) is 14.7. The van der Waals surface area contributed by atoms with Gasteiger partial charge in [0.25, 0.3) is 0 Å². The predicted octanol–water partition coefficient (Wildman–Crippen LogP) is 6.22. The molecular weight excluding hydrogens is 476 g/mol. The number of anilines is 3. The van der Waals surface area contributed by atoms with Crippen molar-refractivity contribution in [3.63, 3.8) is 0 Å². The fourth-order valence-corrected chi connectivity index (χ4v) is 4.29. The van der Waals surface area contributed by atoms with Crippen molar-refractivity contribution in [2.24, 2.45) is 0 Å². The lowest BCUT2D eigenvalue weighted by molar-refractivity contribution is 0.250. The summed E-state index contributed by atoms with van der Waals surface area (Å²) < 4.78 is 6.07. The Morgan fingerprint density at radius 2 is 1.81 bits per heavy atom. The molecule has 0 aliphatic rings. The molecule has 36 heavy (non-hydrogen) atoms. The number of carbonyl (C=O) groups is 1. The number of nitrogens with zero attached hydrogens (tertiary/aromatic N) is 2. The van der Waals surface area contributed by atoms with E-state index in [1.165, 1.54) is 0 Å². The number of hydrogen-bond donors (Lipinski definition) is 4. The number of H-pyrrole nitrogens is 1. The molecule has 8 nitrogen and oxygen atoms in total. The number of nitrogens with two attached hydrogens (primary N) is 1. The minimum atomic E-state index is -0.353. The van der Waals surface area contributed by atoms with Crippen LogP contribution in [0.4, 0.5) is 22.0 Å². The van der Waals surface area contributed by atoms with Crippen molar-refractivity contribution in [2.45, 2.75) is 20.3 Å². The van der Waals surface area contributed by atoms with Crippen LogP contribution < -0.4 is 21.1 Å². The van der Waals surface area contributed by atoms with Gasteiger partial charge in [0.2, 0.25) is 0 Å². The van der Waals surface area contributed by atoms with Gasteiger partial charge in [-0.1, -0.05) is 43.6 Å². The number of carbonyl (C=O) groups excluding carboxylic acids is 1. The molecule has 2 amide bonds. The molecule has 0 radical (unpaired) electrons. The molecule has 3 aromatic carbocycles. The predicted molar refractivity (Wildman–Crippen MR) is 148 cm³/mol. The first kappa shape index (κ1) is 25.3. The number of rotatable bonds is 10. The Balaban J connectivity index is 1.45. The Bertz CT molecular complexity index is 1320. The normalized spacial score (nSPS) is 11.1. The number of aromatic amines is 1. The van der Waals surface area contributed by atoms with Gasteiger partial charge in [-0.3, -0.25) is 5.10 Å². The molecule has 1 aromatic heterocycles. The van der Waals surface area contributed by atoms with Crippen molar-refractivity contribution in [1.29, 1.82) is 0 Å². The van der Waals surface area contributed by atoms with Crippen molar-refractivity contribution < 1.29 is 9.53 Å². The van der Waals surface area contributed by atoms with Crippen LogP contribution in [0.25, 0.3) is 22.0 Å². The van der Waals surface area contributed by atoms with Crippen molar-refractivity contribution in [1.82, 2.24) is 15.1 Å². The standard InChI is InChI=1S/C27H31ClN6O2/c1-3-34(4-2)15-6-16-36-23-14-13-22(24-25(23)32-33-26(24)29)18-9-11-20(12-10-18)30-27(35)31-21-8-5-7-19(28)17-21/h5,7-14,17H,3-4,6,15-16H2,1-2H3,(H3,29,32,33)(H2,30,31,35). The maximum atomic E-state index is 12.3. The van der Waals surface area contributed by atoms with Crippen molar-refractivity contribution in [2.75, 3.05) is 42.6 Å². The maximum absolute atomic E-state index is 12.3. The average molecular weight is 507 g/mol. The van der Waals surface area contributed by atoms with Crippen LogP contribution >= 0.6 is 11.6 Å². The molecule has 0 spiro atoms. The highest BCUT2D eigenvalue weighted by atomic mass is 35.5. The summed E-state index contributed by atoms with van der Waals surface area (Å²) in [6.45, 7) is 8.01. The van der Waals surface area contributed by atoms with Crippen LogP contribution in [0, 0.1) is 0 Å². The molecule has 0 saturated heterocycles. The number of benzene rings is 3. The van der Waals surface area contributed by atoms with Crippen LogP contribution in [-0.2, 0) is 0 Å². The third kappa shape index (κ3) is 6.08.